The molecular weight excluding hydrogens is 314 g/mol. The molecule has 0 bridgehead atoms. The van der Waals surface area contributed by atoms with E-state index in [1.807, 2.05) is 25.7 Å². The van der Waals surface area contributed by atoms with E-state index < -0.39 is 17.6 Å². The van der Waals surface area contributed by atoms with Gasteiger partial charge in [-0.05, 0) is 18.3 Å². The molecule has 2 N–H and O–H groups in total. The summed E-state index contributed by atoms with van der Waals surface area (Å²) in [6.07, 6.45) is 0.222. The van der Waals surface area contributed by atoms with Crippen LogP contribution in [0.15, 0.2) is 0 Å². The maximum atomic E-state index is 12.7. The van der Waals surface area contributed by atoms with Gasteiger partial charge in [-0.3, -0.25) is 9.59 Å². The van der Waals surface area contributed by atoms with Crippen LogP contribution in [0.1, 0.15) is 33.6 Å². The molecule has 24 heavy (non-hydrogen) atoms. The van der Waals surface area contributed by atoms with Crippen LogP contribution in [0.25, 0.3) is 0 Å². The number of carboxylic acid groups (broad SMARTS) is 1. The van der Waals surface area contributed by atoms with Crippen LogP contribution in [0.3, 0.4) is 0 Å². The predicted molar refractivity (Wildman–Crippen MR) is 86.5 cm³/mol. The van der Waals surface area contributed by atoms with Gasteiger partial charge in [-0.15, -0.1) is 0 Å². The van der Waals surface area contributed by atoms with Crippen molar-refractivity contribution in [2.24, 2.45) is 5.41 Å². The molecule has 8 heteroatoms. The van der Waals surface area contributed by atoms with Gasteiger partial charge in [0.1, 0.15) is 12.6 Å². The highest BCUT2D eigenvalue weighted by atomic mass is 16.5. The fraction of sp³-hybridized carbons (Fsp3) is 0.812. The van der Waals surface area contributed by atoms with Crippen LogP contribution in [-0.2, 0) is 14.3 Å². The summed E-state index contributed by atoms with van der Waals surface area (Å²) in [6, 6.07) is -0.650. The van der Waals surface area contributed by atoms with Crippen molar-refractivity contribution in [3.8, 4) is 0 Å². The number of hydrogen-bond donors (Lipinski definition) is 2. The molecule has 0 radical (unpaired) electrons. The lowest BCUT2D eigenvalue weighted by Crippen LogP contribution is -2.58. The van der Waals surface area contributed by atoms with Gasteiger partial charge in [0.05, 0.1) is 6.61 Å². The average molecular weight is 341 g/mol. The quantitative estimate of drug-likeness (QED) is 0.780. The fourth-order valence-electron chi connectivity index (χ4n) is 3.27. The SMILES string of the molecule is CC(C)(C)[C@@H](NC(=O)O)C(=O)N1CCC(N2CCOCC2=O)CC1. The van der Waals surface area contributed by atoms with Crippen molar-refractivity contribution in [1.82, 2.24) is 15.1 Å². The summed E-state index contributed by atoms with van der Waals surface area (Å²) in [5.41, 5.74) is -0.507. The number of likely N-dealkylation sites (tertiary alicyclic amines) is 1. The Kier molecular flexibility index (Phi) is 5.69. The summed E-state index contributed by atoms with van der Waals surface area (Å²) >= 11 is 0. The molecule has 2 saturated heterocycles. The molecule has 8 nitrogen and oxygen atoms in total. The Morgan fingerprint density at radius 3 is 2.38 bits per heavy atom. The maximum absolute atomic E-state index is 12.7. The molecule has 0 unspecified atom stereocenters. The molecule has 0 aromatic heterocycles. The third-order valence-corrected chi connectivity index (χ3v) is 4.62. The Morgan fingerprint density at radius 1 is 1.25 bits per heavy atom. The van der Waals surface area contributed by atoms with Crippen LogP contribution in [-0.4, -0.2) is 77.7 Å². The van der Waals surface area contributed by atoms with Crippen LogP contribution in [0.2, 0.25) is 0 Å². The van der Waals surface area contributed by atoms with Gasteiger partial charge in [0.2, 0.25) is 11.8 Å². The van der Waals surface area contributed by atoms with Gasteiger partial charge in [0.25, 0.3) is 0 Å². The molecule has 0 spiro atoms. The lowest BCUT2D eigenvalue weighted by Gasteiger charge is -2.42. The lowest BCUT2D eigenvalue weighted by molar-refractivity contribution is -0.148. The number of morpholine rings is 1. The molecule has 0 aliphatic carbocycles. The minimum Gasteiger partial charge on any atom is -0.465 e. The molecule has 0 aromatic carbocycles. The third kappa shape index (κ3) is 4.37. The van der Waals surface area contributed by atoms with Crippen LogP contribution < -0.4 is 5.32 Å². The van der Waals surface area contributed by atoms with Crippen molar-refractivity contribution in [2.75, 3.05) is 32.8 Å². The Hall–Kier alpha value is -1.83. The average Bonchev–Trinajstić information content (AvgIpc) is 2.51. The summed E-state index contributed by atoms with van der Waals surface area (Å²) in [7, 11) is 0. The zero-order valence-corrected chi connectivity index (χ0v) is 14.6. The second-order valence-corrected chi connectivity index (χ2v) is 7.44. The van der Waals surface area contributed by atoms with E-state index in [9.17, 15) is 14.4 Å². The van der Waals surface area contributed by atoms with E-state index in [-0.39, 0.29) is 24.5 Å². The highest BCUT2D eigenvalue weighted by Gasteiger charge is 2.38. The van der Waals surface area contributed by atoms with Crippen molar-refractivity contribution in [2.45, 2.75) is 45.7 Å². The predicted octanol–water partition coefficient (Wildman–Crippen LogP) is 0.519. The van der Waals surface area contributed by atoms with Crippen LogP contribution in [0, 0.1) is 5.41 Å². The Balaban J connectivity index is 1.96. The number of nitrogens with zero attached hydrogens (tertiary/aromatic N) is 2. The Labute approximate surface area is 142 Å². The molecular formula is C16H27N3O5. The summed E-state index contributed by atoms with van der Waals surface area (Å²) < 4.78 is 5.15. The van der Waals surface area contributed by atoms with E-state index >= 15 is 0 Å². The molecule has 0 saturated carbocycles. The number of carbonyl (C=O) groups excluding carboxylic acids is 2. The number of rotatable bonds is 3. The second kappa shape index (κ2) is 7.38. The number of hydrogen-bond acceptors (Lipinski definition) is 4. The molecule has 2 rings (SSSR count). The topological polar surface area (TPSA) is 99.2 Å². The van der Waals surface area contributed by atoms with Gasteiger partial charge >= 0.3 is 6.09 Å². The molecule has 0 aromatic rings. The van der Waals surface area contributed by atoms with E-state index in [1.54, 1.807) is 4.90 Å². The van der Waals surface area contributed by atoms with Crippen molar-refractivity contribution in [3.63, 3.8) is 0 Å². The van der Waals surface area contributed by atoms with Gasteiger partial charge < -0.3 is 25.0 Å². The van der Waals surface area contributed by atoms with E-state index in [0.29, 0.717) is 39.1 Å². The van der Waals surface area contributed by atoms with Crippen LogP contribution in [0.4, 0.5) is 4.79 Å². The number of ether oxygens (including phenoxy) is 1. The number of carbonyl (C=O) groups is 3. The van der Waals surface area contributed by atoms with Gasteiger partial charge in [0, 0.05) is 25.7 Å². The molecule has 2 fully saturated rings. The van der Waals surface area contributed by atoms with Gasteiger partial charge in [-0.2, -0.15) is 0 Å². The van der Waals surface area contributed by atoms with E-state index in [4.69, 9.17) is 9.84 Å². The minimum atomic E-state index is -1.20. The highest BCUT2D eigenvalue weighted by Crippen LogP contribution is 2.24. The monoisotopic (exact) mass is 341 g/mol. The van der Waals surface area contributed by atoms with Crippen molar-refractivity contribution >= 4 is 17.9 Å². The number of amides is 3. The molecule has 136 valence electrons. The van der Waals surface area contributed by atoms with E-state index in [0.717, 1.165) is 0 Å². The molecule has 2 aliphatic heterocycles. The summed E-state index contributed by atoms with van der Waals surface area (Å²) in [5, 5.41) is 11.3. The molecule has 1 atom stereocenters. The van der Waals surface area contributed by atoms with Crippen molar-refractivity contribution in [1.29, 1.82) is 0 Å². The smallest absolute Gasteiger partial charge is 0.405 e. The first-order valence-corrected chi connectivity index (χ1v) is 8.35. The Morgan fingerprint density at radius 2 is 1.88 bits per heavy atom. The fourth-order valence-corrected chi connectivity index (χ4v) is 3.27. The van der Waals surface area contributed by atoms with Crippen LogP contribution >= 0.6 is 0 Å². The van der Waals surface area contributed by atoms with Crippen LogP contribution in [0.5, 0.6) is 0 Å². The number of nitrogens with one attached hydrogen (secondary N) is 1. The van der Waals surface area contributed by atoms with Crippen molar-refractivity contribution in [3.05, 3.63) is 0 Å². The molecule has 3 amide bonds. The van der Waals surface area contributed by atoms with Gasteiger partial charge in [0.15, 0.2) is 0 Å². The lowest BCUT2D eigenvalue weighted by atomic mass is 9.85. The zero-order chi connectivity index (χ0) is 17.9. The summed E-state index contributed by atoms with van der Waals surface area (Å²) in [6.45, 7) is 7.86. The maximum Gasteiger partial charge on any atom is 0.405 e. The third-order valence-electron chi connectivity index (χ3n) is 4.62. The first kappa shape index (κ1) is 18.5. The first-order valence-electron chi connectivity index (χ1n) is 8.35. The number of piperidine rings is 1. The molecule has 2 heterocycles. The Bertz CT molecular complexity index is 494. The summed E-state index contributed by atoms with van der Waals surface area (Å²) in [4.78, 5) is 39.2. The van der Waals surface area contributed by atoms with Gasteiger partial charge in [-0.1, -0.05) is 20.8 Å². The highest BCUT2D eigenvalue weighted by molar-refractivity contribution is 5.86. The van der Waals surface area contributed by atoms with Crippen molar-refractivity contribution < 1.29 is 24.2 Å². The van der Waals surface area contributed by atoms with E-state index in [2.05, 4.69) is 5.32 Å². The first-order chi connectivity index (χ1) is 11.2. The standard InChI is InChI=1S/C16H27N3O5/c1-16(2,3)13(17-15(22)23)14(21)18-6-4-11(5-7-18)19-8-9-24-10-12(19)20/h11,13,17H,4-10H2,1-3H3,(H,22,23)/t13-/m0/s1. The summed E-state index contributed by atoms with van der Waals surface area (Å²) in [5.74, 6) is -0.192. The largest absolute Gasteiger partial charge is 0.465 e. The second-order valence-electron chi connectivity index (χ2n) is 7.44. The van der Waals surface area contributed by atoms with E-state index in [1.165, 1.54) is 0 Å². The van der Waals surface area contributed by atoms with Gasteiger partial charge in [-0.25, -0.2) is 4.79 Å². The minimum absolute atomic E-state index is 0.00568. The molecule has 2 aliphatic rings. The normalized spacial score (nSPS) is 21.5. The zero-order valence-electron chi connectivity index (χ0n) is 14.6.